The van der Waals surface area contributed by atoms with Gasteiger partial charge in [-0.15, -0.1) is 0 Å². The molecule has 0 spiro atoms. The summed E-state index contributed by atoms with van der Waals surface area (Å²) in [5, 5.41) is 11.9. The van der Waals surface area contributed by atoms with Crippen molar-refractivity contribution in [2.24, 2.45) is 10.9 Å². The maximum absolute atomic E-state index is 4.76. The van der Waals surface area contributed by atoms with Crippen LogP contribution in [-0.4, -0.2) is 35.4 Å². The van der Waals surface area contributed by atoms with Gasteiger partial charge in [0.25, 0.3) is 0 Å². The van der Waals surface area contributed by atoms with Crippen LogP contribution in [0.25, 0.3) is 0 Å². The van der Waals surface area contributed by atoms with Crippen molar-refractivity contribution in [1.82, 2.24) is 20.4 Å². The molecule has 0 aliphatic heterocycles. The molecular weight excluding hydrogens is 298 g/mol. The third-order valence-corrected chi connectivity index (χ3v) is 5.51. The van der Waals surface area contributed by atoms with Gasteiger partial charge in [0, 0.05) is 38.3 Å². The molecule has 2 aliphatic rings. The van der Waals surface area contributed by atoms with Crippen molar-refractivity contribution in [1.29, 1.82) is 0 Å². The monoisotopic (exact) mass is 331 g/mol. The Kier molecular flexibility index (Phi) is 5.80. The van der Waals surface area contributed by atoms with Crippen LogP contribution in [0.5, 0.6) is 0 Å². The molecule has 0 aromatic carbocycles. The Bertz CT molecular complexity index is 554. The molecule has 0 saturated heterocycles. The molecule has 3 rings (SSSR count). The number of fused-ring (bicyclic) bond motifs is 1. The number of hydrogen-bond acceptors (Lipinski definition) is 2. The Morgan fingerprint density at radius 1 is 1.33 bits per heavy atom. The van der Waals surface area contributed by atoms with Gasteiger partial charge in [-0.25, -0.2) is 0 Å². The van der Waals surface area contributed by atoms with Crippen LogP contribution < -0.4 is 10.6 Å². The van der Waals surface area contributed by atoms with E-state index >= 15 is 0 Å². The number of aromatic nitrogens is 2. The molecule has 1 unspecified atom stereocenters. The first-order valence-corrected chi connectivity index (χ1v) is 9.69. The van der Waals surface area contributed by atoms with Crippen LogP contribution in [0, 0.1) is 5.92 Å². The summed E-state index contributed by atoms with van der Waals surface area (Å²) in [5.74, 6) is 1.87. The van der Waals surface area contributed by atoms with Crippen molar-refractivity contribution in [3.05, 3.63) is 17.5 Å². The summed E-state index contributed by atoms with van der Waals surface area (Å²) in [7, 11) is 1.87. The van der Waals surface area contributed by atoms with E-state index in [0.29, 0.717) is 12.1 Å². The molecule has 0 amide bonds. The maximum atomic E-state index is 4.76. The molecule has 24 heavy (non-hydrogen) atoms. The lowest BCUT2D eigenvalue weighted by molar-refractivity contribution is 0.484. The van der Waals surface area contributed by atoms with E-state index in [-0.39, 0.29) is 0 Å². The molecule has 1 saturated carbocycles. The molecule has 1 fully saturated rings. The summed E-state index contributed by atoms with van der Waals surface area (Å²) >= 11 is 0. The lowest BCUT2D eigenvalue weighted by atomic mass is 9.94. The van der Waals surface area contributed by atoms with Crippen molar-refractivity contribution in [3.8, 4) is 0 Å². The predicted molar refractivity (Wildman–Crippen MR) is 99.5 cm³/mol. The van der Waals surface area contributed by atoms with Crippen molar-refractivity contribution in [2.45, 2.75) is 77.3 Å². The van der Waals surface area contributed by atoms with Gasteiger partial charge in [-0.1, -0.05) is 25.7 Å². The van der Waals surface area contributed by atoms with Gasteiger partial charge in [0.2, 0.25) is 0 Å². The van der Waals surface area contributed by atoms with Gasteiger partial charge in [-0.2, -0.15) is 5.10 Å². The average molecular weight is 332 g/mol. The van der Waals surface area contributed by atoms with E-state index in [4.69, 9.17) is 5.10 Å². The smallest absolute Gasteiger partial charge is 0.191 e. The summed E-state index contributed by atoms with van der Waals surface area (Å²) in [6, 6.07) is 0.873. The Morgan fingerprint density at radius 2 is 2.12 bits per heavy atom. The number of hydrogen-bond donors (Lipinski definition) is 2. The summed E-state index contributed by atoms with van der Waals surface area (Å²) in [6.07, 6.45) is 12.4. The van der Waals surface area contributed by atoms with E-state index in [2.05, 4.69) is 40.4 Å². The van der Waals surface area contributed by atoms with E-state index in [1.54, 1.807) is 0 Å². The highest BCUT2D eigenvalue weighted by Gasteiger charge is 2.23. The topological polar surface area (TPSA) is 54.2 Å². The Balaban J connectivity index is 1.47. The molecule has 1 aromatic heterocycles. The number of rotatable bonds is 5. The second-order valence-corrected chi connectivity index (χ2v) is 7.70. The quantitative estimate of drug-likeness (QED) is 0.644. The fourth-order valence-corrected chi connectivity index (χ4v) is 3.98. The molecule has 1 atom stereocenters. The minimum Gasteiger partial charge on any atom is -0.356 e. The van der Waals surface area contributed by atoms with Crippen LogP contribution >= 0.6 is 0 Å². The summed E-state index contributed by atoms with van der Waals surface area (Å²) in [6.45, 7) is 5.40. The van der Waals surface area contributed by atoms with E-state index < -0.39 is 0 Å². The lowest BCUT2D eigenvalue weighted by Crippen LogP contribution is -2.46. The van der Waals surface area contributed by atoms with Gasteiger partial charge in [0.15, 0.2) is 5.96 Å². The fraction of sp³-hybridized carbons (Fsp3) is 0.789. The molecule has 1 aromatic rings. The number of nitrogens with one attached hydrogen (secondary N) is 2. The van der Waals surface area contributed by atoms with E-state index in [0.717, 1.165) is 37.7 Å². The fourth-order valence-electron chi connectivity index (χ4n) is 3.98. The molecule has 0 bridgehead atoms. The third-order valence-electron chi connectivity index (χ3n) is 5.51. The van der Waals surface area contributed by atoms with Crippen LogP contribution in [0.1, 0.15) is 69.7 Å². The highest BCUT2D eigenvalue weighted by molar-refractivity contribution is 5.80. The second-order valence-electron chi connectivity index (χ2n) is 7.70. The summed E-state index contributed by atoms with van der Waals surface area (Å²) in [4.78, 5) is 4.40. The van der Waals surface area contributed by atoms with Crippen LogP contribution in [0.2, 0.25) is 0 Å². The van der Waals surface area contributed by atoms with Gasteiger partial charge < -0.3 is 10.6 Å². The second kappa shape index (κ2) is 8.04. The third kappa shape index (κ3) is 4.31. The van der Waals surface area contributed by atoms with E-state index in [9.17, 15) is 0 Å². The van der Waals surface area contributed by atoms with Gasteiger partial charge in [0.1, 0.15) is 0 Å². The molecule has 2 aliphatic carbocycles. The highest BCUT2D eigenvalue weighted by Crippen LogP contribution is 2.27. The Labute approximate surface area is 146 Å². The van der Waals surface area contributed by atoms with Crippen LogP contribution in [-0.2, 0) is 12.8 Å². The first kappa shape index (κ1) is 17.3. The number of aliphatic imine (C=N–C) groups is 1. The molecule has 1 heterocycles. The standard InChI is InChI=1S/C19H33N5/c1-14(2)24-13-16-8-9-17(12-18(16)23-24)22-19(20-3)21-11-10-15-6-4-5-7-15/h13-15,17H,4-12H2,1-3H3,(H2,20,21,22). The molecule has 5 heteroatoms. The first-order chi connectivity index (χ1) is 11.7. The van der Waals surface area contributed by atoms with E-state index in [1.807, 2.05) is 7.05 Å². The predicted octanol–water partition coefficient (Wildman–Crippen LogP) is 3.07. The minimum absolute atomic E-state index is 0.436. The Morgan fingerprint density at radius 3 is 2.83 bits per heavy atom. The van der Waals surface area contributed by atoms with E-state index in [1.165, 1.54) is 43.4 Å². The molecule has 0 radical (unpaired) electrons. The van der Waals surface area contributed by atoms with Crippen LogP contribution in [0.4, 0.5) is 0 Å². The minimum atomic E-state index is 0.436. The maximum Gasteiger partial charge on any atom is 0.191 e. The summed E-state index contributed by atoms with van der Waals surface area (Å²) < 4.78 is 2.10. The SMILES string of the molecule is CN=C(NCCC1CCCC1)NC1CCc2cn(C(C)C)nc2C1. The van der Waals surface area contributed by atoms with Gasteiger partial charge in [0.05, 0.1) is 5.69 Å². The zero-order valence-corrected chi connectivity index (χ0v) is 15.5. The van der Waals surface area contributed by atoms with Crippen molar-refractivity contribution >= 4 is 5.96 Å². The van der Waals surface area contributed by atoms with Crippen molar-refractivity contribution < 1.29 is 0 Å². The van der Waals surface area contributed by atoms with Gasteiger partial charge in [-0.05, 0) is 44.6 Å². The average Bonchev–Trinajstić information content (AvgIpc) is 3.22. The molecule has 5 nitrogen and oxygen atoms in total. The molecule has 134 valence electrons. The van der Waals surface area contributed by atoms with Gasteiger partial charge >= 0.3 is 0 Å². The molecular formula is C19H33N5. The number of guanidine groups is 1. The number of nitrogens with zero attached hydrogens (tertiary/aromatic N) is 3. The first-order valence-electron chi connectivity index (χ1n) is 9.69. The van der Waals surface area contributed by atoms with Crippen molar-refractivity contribution in [3.63, 3.8) is 0 Å². The summed E-state index contributed by atoms with van der Waals surface area (Å²) in [5.41, 5.74) is 2.68. The largest absolute Gasteiger partial charge is 0.356 e. The zero-order chi connectivity index (χ0) is 16.9. The molecule has 2 N–H and O–H groups in total. The van der Waals surface area contributed by atoms with Crippen molar-refractivity contribution in [2.75, 3.05) is 13.6 Å². The highest BCUT2D eigenvalue weighted by atomic mass is 15.3. The van der Waals surface area contributed by atoms with Gasteiger partial charge in [-0.3, -0.25) is 9.67 Å². The van der Waals surface area contributed by atoms with Crippen LogP contribution in [0.3, 0.4) is 0 Å². The van der Waals surface area contributed by atoms with Crippen LogP contribution in [0.15, 0.2) is 11.2 Å². The normalized spacial score (nSPS) is 22.0. The number of aryl methyl sites for hydroxylation is 1. The Hall–Kier alpha value is -1.52. The zero-order valence-electron chi connectivity index (χ0n) is 15.5. The lowest BCUT2D eigenvalue weighted by Gasteiger charge is -2.24.